The van der Waals surface area contributed by atoms with E-state index in [4.69, 9.17) is 18.9 Å². The highest BCUT2D eigenvalue weighted by atomic mass is 16.7. The largest absolute Gasteiger partial charge is 0.513 e. The second kappa shape index (κ2) is 14.4. The Morgan fingerprint density at radius 2 is 1.00 bits per heavy atom. The summed E-state index contributed by atoms with van der Waals surface area (Å²) in [7, 11) is 0. The molecule has 0 bridgehead atoms. The molecule has 0 aliphatic heterocycles. The molecule has 0 fully saturated rings. The minimum absolute atomic E-state index is 0.0265. The van der Waals surface area contributed by atoms with E-state index in [1.165, 1.54) is 0 Å². The normalized spacial score (nSPS) is 12.2. The summed E-state index contributed by atoms with van der Waals surface area (Å²) in [4.78, 5) is 24.7. The Morgan fingerprint density at radius 3 is 1.34 bits per heavy atom. The summed E-state index contributed by atoms with van der Waals surface area (Å²) < 4.78 is 21.9. The van der Waals surface area contributed by atoms with E-state index in [2.05, 4.69) is 48.1 Å². The van der Waals surface area contributed by atoms with Gasteiger partial charge in [0, 0.05) is 17.3 Å². The number of carbonyl (C=O) groups is 2. The lowest BCUT2D eigenvalue weighted by Gasteiger charge is -2.33. The van der Waals surface area contributed by atoms with Crippen LogP contribution < -0.4 is 0 Å². The van der Waals surface area contributed by atoms with Crippen molar-refractivity contribution in [1.82, 2.24) is 0 Å². The van der Waals surface area contributed by atoms with Gasteiger partial charge in [0.15, 0.2) is 0 Å². The molecule has 0 saturated heterocycles. The topological polar surface area (TPSA) is 71.1 Å². The Balaban J connectivity index is 4.93. The lowest BCUT2D eigenvalue weighted by atomic mass is 9.81. The van der Waals surface area contributed by atoms with Crippen molar-refractivity contribution in [2.75, 3.05) is 13.2 Å². The molecule has 0 heterocycles. The molecule has 0 aliphatic rings. The smallest absolute Gasteiger partial charge is 0.434 e. The third-order valence-electron chi connectivity index (χ3n) is 7.83. The second-order valence-corrected chi connectivity index (χ2v) is 9.01. The van der Waals surface area contributed by atoms with Crippen molar-refractivity contribution in [2.24, 2.45) is 10.8 Å². The van der Waals surface area contributed by atoms with Gasteiger partial charge in [-0.15, -0.1) is 0 Å². The number of carbonyl (C=O) groups excluding carboxylic acids is 2. The van der Waals surface area contributed by atoms with E-state index < -0.39 is 17.9 Å². The molecule has 6 heteroatoms. The van der Waals surface area contributed by atoms with Crippen LogP contribution in [0.3, 0.4) is 0 Å². The van der Waals surface area contributed by atoms with Crippen molar-refractivity contribution in [3.8, 4) is 0 Å². The predicted molar refractivity (Wildman–Crippen MR) is 129 cm³/mol. The molecule has 0 N–H and O–H groups in total. The first-order valence-corrected chi connectivity index (χ1v) is 12.5. The molecule has 6 nitrogen and oxygen atoms in total. The Kier molecular flexibility index (Phi) is 13.7. The van der Waals surface area contributed by atoms with Crippen molar-refractivity contribution < 1.29 is 28.5 Å². The van der Waals surface area contributed by atoms with Gasteiger partial charge in [-0.1, -0.05) is 62.0 Å². The third kappa shape index (κ3) is 9.03. The van der Waals surface area contributed by atoms with Crippen LogP contribution in [0.2, 0.25) is 0 Å². The number of rotatable bonds is 16. The molecule has 0 aliphatic carbocycles. The van der Waals surface area contributed by atoms with Crippen LogP contribution in [0, 0.1) is 10.8 Å². The molecule has 188 valence electrons. The number of ether oxygens (including phenoxy) is 4. The van der Waals surface area contributed by atoms with E-state index in [1.807, 2.05) is 13.8 Å². The fourth-order valence-corrected chi connectivity index (χ4v) is 3.97. The molecule has 0 aromatic carbocycles. The van der Waals surface area contributed by atoms with Crippen LogP contribution in [0.25, 0.3) is 0 Å². The first kappa shape index (κ1) is 30.3. The summed E-state index contributed by atoms with van der Waals surface area (Å²) in [5, 5.41) is 0. The first-order chi connectivity index (χ1) is 15.1. The van der Waals surface area contributed by atoms with Crippen LogP contribution >= 0.6 is 0 Å². The minimum Gasteiger partial charge on any atom is -0.434 e. The summed E-state index contributed by atoms with van der Waals surface area (Å²) in [5.74, 6) is 0.214. The molecular weight excluding hydrogens is 408 g/mol. The van der Waals surface area contributed by atoms with E-state index in [0.29, 0.717) is 26.1 Å². The van der Waals surface area contributed by atoms with Gasteiger partial charge in [0.2, 0.25) is 0 Å². The Bertz CT molecular complexity index is 554. The summed E-state index contributed by atoms with van der Waals surface area (Å²) in [5.41, 5.74) is -0.905. The molecular formula is C26H48O6. The maximum Gasteiger partial charge on any atom is 0.513 e. The van der Waals surface area contributed by atoms with E-state index in [9.17, 15) is 9.59 Å². The molecule has 0 aromatic heterocycles. The van der Waals surface area contributed by atoms with Crippen molar-refractivity contribution in [1.29, 1.82) is 0 Å². The Labute approximate surface area is 196 Å². The fourth-order valence-electron chi connectivity index (χ4n) is 3.97. The Hall–Kier alpha value is -1.72. The van der Waals surface area contributed by atoms with Gasteiger partial charge in [0.05, 0.1) is 0 Å². The first-order valence-electron chi connectivity index (χ1n) is 12.5. The monoisotopic (exact) mass is 456 g/mol. The Morgan fingerprint density at radius 1 is 0.625 bits per heavy atom. The molecule has 0 saturated carbocycles. The van der Waals surface area contributed by atoms with Crippen molar-refractivity contribution >= 4 is 12.3 Å². The van der Waals surface area contributed by atoms with Crippen molar-refractivity contribution in [2.45, 2.75) is 119 Å². The average Bonchev–Trinajstić information content (AvgIpc) is 2.81. The van der Waals surface area contributed by atoms with Crippen LogP contribution in [0.1, 0.15) is 113 Å². The molecule has 0 amide bonds. The van der Waals surface area contributed by atoms with Gasteiger partial charge < -0.3 is 18.9 Å². The van der Waals surface area contributed by atoms with Gasteiger partial charge in [-0.25, -0.2) is 9.59 Å². The molecule has 0 atom stereocenters. The molecule has 0 unspecified atom stereocenters. The van der Waals surface area contributed by atoms with Gasteiger partial charge in [-0.2, -0.15) is 0 Å². The highest BCUT2D eigenvalue weighted by molar-refractivity contribution is 5.62. The van der Waals surface area contributed by atoms with Crippen LogP contribution in [0.4, 0.5) is 9.59 Å². The van der Waals surface area contributed by atoms with Gasteiger partial charge in [0.1, 0.15) is 24.6 Å². The van der Waals surface area contributed by atoms with Gasteiger partial charge in [-0.05, 0) is 51.4 Å². The molecule has 0 spiro atoms. The fraction of sp³-hybridized carbons (Fsp3) is 0.846. The third-order valence-corrected chi connectivity index (χ3v) is 7.83. The van der Waals surface area contributed by atoms with Crippen LogP contribution in [-0.2, 0) is 18.9 Å². The van der Waals surface area contributed by atoms with E-state index in [1.54, 1.807) is 0 Å². The van der Waals surface area contributed by atoms with Crippen molar-refractivity contribution in [3.05, 3.63) is 12.3 Å². The van der Waals surface area contributed by atoms with E-state index in [0.717, 1.165) is 38.5 Å². The zero-order chi connectivity index (χ0) is 24.8. The molecule has 32 heavy (non-hydrogen) atoms. The summed E-state index contributed by atoms with van der Waals surface area (Å²) >= 11 is 0. The number of hydrogen-bond acceptors (Lipinski definition) is 6. The van der Waals surface area contributed by atoms with Crippen LogP contribution in [0.5, 0.6) is 0 Å². The second-order valence-electron chi connectivity index (χ2n) is 9.01. The zero-order valence-electron chi connectivity index (χ0n) is 21.9. The molecule has 0 radical (unpaired) electrons. The lowest BCUT2D eigenvalue weighted by molar-refractivity contribution is -0.0585. The van der Waals surface area contributed by atoms with Crippen LogP contribution in [0.15, 0.2) is 12.3 Å². The highest BCUT2D eigenvalue weighted by Gasteiger charge is 2.35. The van der Waals surface area contributed by atoms with Crippen molar-refractivity contribution in [3.63, 3.8) is 0 Å². The lowest BCUT2D eigenvalue weighted by Crippen LogP contribution is -2.36. The number of hydrogen-bond donors (Lipinski definition) is 0. The summed E-state index contributed by atoms with van der Waals surface area (Å²) in [6, 6.07) is 0. The highest BCUT2D eigenvalue weighted by Crippen LogP contribution is 2.33. The van der Waals surface area contributed by atoms with Gasteiger partial charge >= 0.3 is 12.3 Å². The van der Waals surface area contributed by atoms with Crippen LogP contribution in [-0.4, -0.2) is 31.1 Å². The predicted octanol–water partition coefficient (Wildman–Crippen LogP) is 8.19. The molecule has 0 aromatic rings. The average molecular weight is 457 g/mol. The van der Waals surface area contributed by atoms with Gasteiger partial charge in [0.25, 0.3) is 0 Å². The summed E-state index contributed by atoms with van der Waals surface area (Å²) in [6.45, 7) is 21.0. The summed E-state index contributed by atoms with van der Waals surface area (Å²) in [6.07, 6.45) is 5.40. The zero-order valence-corrected chi connectivity index (χ0v) is 21.9. The minimum atomic E-state index is -0.845. The standard InChI is InChI=1S/C26H48O6/c1-10-24(11-2,12-3)19-29-22(27)31-21(9)18-26(16-7,17-8)32-23(28)30-20-25(13-4,14-5)15-6/h9-20H2,1-8H3. The molecule has 0 rings (SSSR count). The van der Waals surface area contributed by atoms with E-state index >= 15 is 0 Å². The SMILES string of the molecule is C=C(CC(CC)(CC)OC(=O)OCC(CC)(CC)CC)OC(=O)OCC(CC)(CC)CC. The maximum atomic E-state index is 12.5. The van der Waals surface area contributed by atoms with E-state index in [-0.39, 0.29) is 23.0 Å². The quantitative estimate of drug-likeness (QED) is 0.172. The maximum absolute atomic E-state index is 12.5. The van der Waals surface area contributed by atoms with Gasteiger partial charge in [-0.3, -0.25) is 0 Å².